The van der Waals surface area contributed by atoms with Gasteiger partial charge in [0.1, 0.15) is 22.1 Å². The van der Waals surface area contributed by atoms with Crippen molar-refractivity contribution in [2.75, 3.05) is 30.3 Å². The summed E-state index contributed by atoms with van der Waals surface area (Å²) in [7, 11) is -4.86. The van der Waals surface area contributed by atoms with Crippen LogP contribution >= 0.6 is 11.8 Å². The SMILES string of the molecule is CC1=CSC(C2(CN)C3CCN(C4=CNc5c(-c6ccc(S(=O)(=O)F)c7ccccc67)n[nH]c5N4)CC32)N1. The highest BCUT2D eigenvalue weighted by Crippen LogP contribution is 2.66. The summed E-state index contributed by atoms with van der Waals surface area (Å²) in [6.45, 7) is 4.65. The number of halogens is 1. The summed E-state index contributed by atoms with van der Waals surface area (Å²) in [5, 5.41) is 21.6. The van der Waals surface area contributed by atoms with Gasteiger partial charge in [-0.05, 0) is 42.0 Å². The van der Waals surface area contributed by atoms with Crippen molar-refractivity contribution in [3.05, 3.63) is 59.5 Å². The molecule has 3 aromatic rings. The van der Waals surface area contributed by atoms with Crippen molar-refractivity contribution in [1.82, 2.24) is 20.4 Å². The van der Waals surface area contributed by atoms with Gasteiger partial charge < -0.3 is 26.6 Å². The summed E-state index contributed by atoms with van der Waals surface area (Å²) in [5.74, 6) is 2.85. The maximum Gasteiger partial charge on any atom is 0.332 e. The summed E-state index contributed by atoms with van der Waals surface area (Å²) in [6, 6.07) is 9.76. The Morgan fingerprint density at radius 1 is 1.21 bits per heavy atom. The largest absolute Gasteiger partial charge is 0.376 e. The predicted molar refractivity (Wildman–Crippen MR) is 148 cm³/mol. The van der Waals surface area contributed by atoms with Gasteiger partial charge in [-0.1, -0.05) is 30.3 Å². The van der Waals surface area contributed by atoms with Crippen molar-refractivity contribution < 1.29 is 12.3 Å². The van der Waals surface area contributed by atoms with Crippen LogP contribution in [-0.4, -0.2) is 48.5 Å². The molecule has 2 fully saturated rings. The van der Waals surface area contributed by atoms with Crippen molar-refractivity contribution in [2.45, 2.75) is 23.6 Å². The molecule has 0 radical (unpaired) electrons. The van der Waals surface area contributed by atoms with E-state index in [1.807, 2.05) is 18.0 Å². The summed E-state index contributed by atoms with van der Waals surface area (Å²) in [4.78, 5) is 2.02. The van der Waals surface area contributed by atoms with Crippen molar-refractivity contribution >= 4 is 44.3 Å². The number of fused-ring (bicyclic) bond motifs is 3. The number of nitrogens with zero attached hydrogens (tertiary/aromatic N) is 2. The van der Waals surface area contributed by atoms with Crippen LogP contribution in [0.3, 0.4) is 0 Å². The minimum absolute atomic E-state index is 0.114. The molecule has 1 saturated heterocycles. The zero-order chi connectivity index (χ0) is 26.2. The minimum Gasteiger partial charge on any atom is -0.376 e. The van der Waals surface area contributed by atoms with Gasteiger partial charge >= 0.3 is 10.2 Å². The van der Waals surface area contributed by atoms with Gasteiger partial charge in [-0.25, -0.2) is 0 Å². The Morgan fingerprint density at radius 3 is 2.76 bits per heavy atom. The molecule has 1 aromatic heterocycles. The number of anilines is 2. The fourth-order valence-corrected chi connectivity index (χ4v) is 8.71. The Bertz CT molecular complexity index is 1640. The molecular weight excluding hydrogens is 525 g/mol. The standard InChI is InChI=1S/C26H28FN7O2S2/c1-14-12-37-25(30-14)26(13-28)18-8-9-34(11-19(18)26)21-10-29-23-22(32-33-24(23)31-21)17-6-7-20(38(27,35)36)16-5-3-2-4-15(16)17/h2-7,10,12,18-19,25,29-30H,8-9,11,13,28H2,1H3,(H2,31,32,33). The van der Waals surface area contributed by atoms with Gasteiger partial charge in [0.2, 0.25) is 0 Å². The van der Waals surface area contributed by atoms with Crippen LogP contribution < -0.4 is 21.7 Å². The van der Waals surface area contributed by atoms with Crippen LogP contribution in [0.2, 0.25) is 0 Å². The number of nitrogens with one attached hydrogen (secondary N) is 4. The zero-order valence-corrected chi connectivity index (χ0v) is 22.3. The van der Waals surface area contributed by atoms with Crippen LogP contribution in [0.25, 0.3) is 22.0 Å². The minimum atomic E-state index is -4.86. The number of hydrogen-bond donors (Lipinski definition) is 5. The predicted octanol–water partition coefficient (Wildman–Crippen LogP) is 3.95. The third-order valence-electron chi connectivity index (χ3n) is 8.58. The van der Waals surface area contributed by atoms with Gasteiger partial charge in [0.15, 0.2) is 5.82 Å². The van der Waals surface area contributed by atoms with E-state index >= 15 is 0 Å². The number of nitrogens with two attached hydrogens (primary N) is 1. The first-order valence-electron chi connectivity index (χ1n) is 12.6. The van der Waals surface area contributed by atoms with E-state index in [4.69, 9.17) is 5.73 Å². The van der Waals surface area contributed by atoms with Crippen molar-refractivity contribution in [3.63, 3.8) is 0 Å². The lowest BCUT2D eigenvalue weighted by Crippen LogP contribution is -2.39. The number of rotatable bonds is 5. The monoisotopic (exact) mass is 553 g/mol. The van der Waals surface area contributed by atoms with Crippen LogP contribution in [0.5, 0.6) is 0 Å². The zero-order valence-electron chi connectivity index (χ0n) is 20.7. The van der Waals surface area contributed by atoms with Crippen molar-refractivity contribution in [3.8, 4) is 11.3 Å². The van der Waals surface area contributed by atoms with Gasteiger partial charge in [0, 0.05) is 47.9 Å². The maximum absolute atomic E-state index is 13.9. The second-order valence-electron chi connectivity index (χ2n) is 10.4. The molecule has 9 nitrogen and oxygen atoms in total. The van der Waals surface area contributed by atoms with E-state index in [1.165, 1.54) is 11.8 Å². The molecule has 0 spiro atoms. The Morgan fingerprint density at radius 2 is 2.03 bits per heavy atom. The van der Waals surface area contributed by atoms with Crippen molar-refractivity contribution in [1.29, 1.82) is 0 Å². The third kappa shape index (κ3) is 3.46. The van der Waals surface area contributed by atoms with Crippen LogP contribution in [0.1, 0.15) is 13.3 Å². The third-order valence-corrected chi connectivity index (χ3v) is 10.8. The first-order valence-corrected chi connectivity index (χ1v) is 15.0. The molecule has 6 N–H and O–H groups in total. The van der Waals surface area contributed by atoms with Gasteiger partial charge in [0.25, 0.3) is 0 Å². The Balaban J connectivity index is 1.14. The molecule has 7 rings (SSSR count). The van der Waals surface area contributed by atoms with E-state index in [9.17, 15) is 12.3 Å². The van der Waals surface area contributed by atoms with Gasteiger partial charge in [-0.3, -0.25) is 5.10 Å². The topological polar surface area (TPSA) is 128 Å². The van der Waals surface area contributed by atoms with E-state index in [-0.39, 0.29) is 10.3 Å². The molecule has 1 saturated carbocycles. The molecular formula is C26H28FN7O2S2. The van der Waals surface area contributed by atoms with Crippen LogP contribution in [0.4, 0.5) is 15.4 Å². The van der Waals surface area contributed by atoms with Crippen molar-refractivity contribution in [2.24, 2.45) is 23.0 Å². The lowest BCUT2D eigenvalue weighted by molar-refractivity contribution is 0.274. The highest BCUT2D eigenvalue weighted by molar-refractivity contribution is 8.03. The molecule has 3 aliphatic heterocycles. The fourth-order valence-electron chi connectivity index (χ4n) is 6.68. The van der Waals surface area contributed by atoms with E-state index < -0.39 is 10.2 Å². The highest BCUT2D eigenvalue weighted by atomic mass is 32.3. The smallest absolute Gasteiger partial charge is 0.332 e. The molecule has 2 aromatic carbocycles. The van der Waals surface area contributed by atoms with Gasteiger partial charge in [-0.2, -0.15) is 13.5 Å². The molecule has 4 unspecified atom stereocenters. The molecule has 198 valence electrons. The summed E-state index contributed by atoms with van der Waals surface area (Å²) >= 11 is 1.86. The molecule has 0 bridgehead atoms. The second-order valence-corrected chi connectivity index (χ2v) is 12.7. The Kier molecular flexibility index (Phi) is 5.27. The second kappa shape index (κ2) is 8.39. The number of piperidine rings is 1. The summed E-state index contributed by atoms with van der Waals surface area (Å²) in [5.41, 5.74) is 9.77. The van der Waals surface area contributed by atoms with Crippen LogP contribution in [-0.2, 0) is 10.2 Å². The lowest BCUT2D eigenvalue weighted by atomic mass is 10.0. The van der Waals surface area contributed by atoms with Crippen LogP contribution in [0.15, 0.2) is 64.4 Å². The first kappa shape index (κ1) is 23.9. The molecule has 38 heavy (non-hydrogen) atoms. The van der Waals surface area contributed by atoms with Crippen LogP contribution in [0, 0.1) is 17.3 Å². The maximum atomic E-state index is 13.9. The first-order chi connectivity index (χ1) is 18.3. The summed E-state index contributed by atoms with van der Waals surface area (Å²) < 4.78 is 37.3. The molecule has 4 aliphatic rings. The van der Waals surface area contributed by atoms with E-state index in [1.54, 1.807) is 30.3 Å². The summed E-state index contributed by atoms with van der Waals surface area (Å²) in [6.07, 6.45) is 3.04. The fraction of sp³-hybridized carbons (Fsp3) is 0.346. The number of aromatic nitrogens is 2. The quantitative estimate of drug-likeness (QED) is 0.299. The van der Waals surface area contributed by atoms with E-state index in [0.717, 1.165) is 36.8 Å². The number of hydrogen-bond acceptors (Lipinski definition) is 9. The Hall–Kier alpha value is -3.22. The molecule has 12 heteroatoms. The molecule has 4 heterocycles. The average Bonchev–Trinajstić information content (AvgIpc) is 3.16. The average molecular weight is 554 g/mol. The van der Waals surface area contributed by atoms with E-state index in [0.29, 0.717) is 45.8 Å². The van der Waals surface area contributed by atoms with E-state index in [2.05, 4.69) is 43.4 Å². The van der Waals surface area contributed by atoms with Gasteiger partial charge in [0.05, 0.1) is 5.37 Å². The highest BCUT2D eigenvalue weighted by Gasteiger charge is 2.69. The van der Waals surface area contributed by atoms with Gasteiger partial charge in [-0.15, -0.1) is 15.6 Å². The number of thioether (sulfide) groups is 1. The molecule has 4 atom stereocenters. The number of H-pyrrole nitrogens is 1. The normalized spacial score (nSPS) is 28.0. The molecule has 0 amide bonds. The number of aromatic amines is 1. The number of likely N-dealkylation sites (tertiary alicyclic amines) is 1. The lowest BCUT2D eigenvalue weighted by Gasteiger charge is -2.32. The molecule has 1 aliphatic carbocycles. The number of allylic oxidation sites excluding steroid dienone is 1. The Labute approximate surface area is 224 Å². The number of benzene rings is 2.